The van der Waals surface area contributed by atoms with Gasteiger partial charge in [-0.1, -0.05) is 0 Å². The molecule has 4 nitrogen and oxygen atoms in total. The largest absolute Gasteiger partial charge is 0.477 e. The van der Waals surface area contributed by atoms with Crippen molar-refractivity contribution >= 4 is 33.2 Å². The fraction of sp³-hybridized carbons (Fsp3) is 0.100. The van der Waals surface area contributed by atoms with Crippen LogP contribution in [0, 0.1) is 6.92 Å². The lowest BCUT2D eigenvalue weighted by molar-refractivity contribution is 0.0701. The molecule has 2 rings (SSSR count). The molecule has 0 aliphatic rings. The van der Waals surface area contributed by atoms with Crippen LogP contribution < -0.4 is 0 Å². The smallest absolute Gasteiger partial charge is 0.347 e. The van der Waals surface area contributed by atoms with Gasteiger partial charge in [0.2, 0.25) is 0 Å². The van der Waals surface area contributed by atoms with Crippen molar-refractivity contribution in [1.82, 2.24) is 9.97 Å². The van der Waals surface area contributed by atoms with Crippen molar-refractivity contribution in [3.8, 4) is 10.7 Å². The van der Waals surface area contributed by atoms with E-state index < -0.39 is 5.97 Å². The summed E-state index contributed by atoms with van der Waals surface area (Å²) < 4.78 is 0.806. The monoisotopic (exact) mass is 298 g/mol. The zero-order chi connectivity index (χ0) is 11.7. The first-order valence-electron chi connectivity index (χ1n) is 4.41. The summed E-state index contributed by atoms with van der Waals surface area (Å²) in [5.74, 6) is -0.951. The number of carboxylic acid groups (broad SMARTS) is 1. The van der Waals surface area contributed by atoms with Gasteiger partial charge < -0.3 is 5.11 Å². The number of hydrogen-bond acceptors (Lipinski definition) is 4. The summed E-state index contributed by atoms with van der Waals surface area (Å²) >= 11 is 4.49. The molecule has 0 unspecified atom stereocenters. The minimum Gasteiger partial charge on any atom is -0.477 e. The molecule has 0 radical (unpaired) electrons. The second-order valence-electron chi connectivity index (χ2n) is 3.07. The van der Waals surface area contributed by atoms with Crippen molar-refractivity contribution in [2.75, 3.05) is 0 Å². The van der Waals surface area contributed by atoms with E-state index in [1.54, 1.807) is 19.2 Å². The van der Waals surface area contributed by atoms with Crippen molar-refractivity contribution in [2.45, 2.75) is 6.92 Å². The highest BCUT2D eigenvalue weighted by atomic mass is 79.9. The molecule has 0 aromatic carbocycles. The lowest BCUT2D eigenvalue weighted by Crippen LogP contribution is -1.94. The number of aromatic carboxylic acids is 1. The third-order valence-corrected chi connectivity index (χ3v) is 3.74. The van der Waals surface area contributed by atoms with E-state index in [2.05, 4.69) is 25.9 Å². The number of hydrogen-bond donors (Lipinski definition) is 1. The lowest BCUT2D eigenvalue weighted by Gasteiger charge is -1.96. The number of pyridine rings is 1. The molecule has 2 aromatic heterocycles. The van der Waals surface area contributed by atoms with Gasteiger partial charge >= 0.3 is 5.97 Å². The molecule has 0 saturated heterocycles. The molecule has 82 valence electrons. The number of nitrogens with zero attached hydrogens (tertiary/aromatic N) is 2. The van der Waals surface area contributed by atoms with Crippen molar-refractivity contribution in [1.29, 1.82) is 0 Å². The topological polar surface area (TPSA) is 63.1 Å². The van der Waals surface area contributed by atoms with Crippen LogP contribution in [0.5, 0.6) is 0 Å². The molecular formula is C10H7BrN2O2S. The molecular weight excluding hydrogens is 292 g/mol. The Morgan fingerprint density at radius 1 is 1.56 bits per heavy atom. The summed E-state index contributed by atoms with van der Waals surface area (Å²) in [6, 6.07) is 3.64. The zero-order valence-corrected chi connectivity index (χ0v) is 10.7. The van der Waals surface area contributed by atoms with Gasteiger partial charge in [-0.25, -0.2) is 9.78 Å². The van der Waals surface area contributed by atoms with E-state index in [-0.39, 0.29) is 4.88 Å². The minimum absolute atomic E-state index is 0.257. The Kier molecular flexibility index (Phi) is 3.02. The van der Waals surface area contributed by atoms with Crippen LogP contribution in [0.25, 0.3) is 10.7 Å². The van der Waals surface area contributed by atoms with Gasteiger partial charge in [-0.05, 0) is 35.0 Å². The molecule has 0 saturated carbocycles. The second kappa shape index (κ2) is 4.31. The van der Waals surface area contributed by atoms with Crippen LogP contribution in [0.2, 0.25) is 0 Å². The van der Waals surface area contributed by atoms with Gasteiger partial charge in [0.1, 0.15) is 15.6 Å². The molecule has 16 heavy (non-hydrogen) atoms. The van der Waals surface area contributed by atoms with Crippen molar-refractivity contribution < 1.29 is 9.90 Å². The predicted molar refractivity (Wildman–Crippen MR) is 64.7 cm³/mol. The van der Waals surface area contributed by atoms with Gasteiger partial charge in [0, 0.05) is 10.7 Å². The molecule has 1 N–H and O–H groups in total. The van der Waals surface area contributed by atoms with Crippen LogP contribution in [-0.2, 0) is 0 Å². The van der Waals surface area contributed by atoms with Crippen molar-refractivity contribution in [3.05, 3.63) is 33.4 Å². The van der Waals surface area contributed by atoms with E-state index in [1.807, 2.05) is 6.07 Å². The van der Waals surface area contributed by atoms with Gasteiger partial charge in [-0.3, -0.25) is 4.98 Å². The van der Waals surface area contributed by atoms with E-state index in [0.29, 0.717) is 16.4 Å². The molecule has 2 heterocycles. The van der Waals surface area contributed by atoms with Gasteiger partial charge in [0.25, 0.3) is 0 Å². The molecule has 0 bridgehead atoms. The average Bonchev–Trinajstić information content (AvgIpc) is 2.61. The Morgan fingerprint density at radius 3 is 2.88 bits per heavy atom. The molecule has 0 spiro atoms. The van der Waals surface area contributed by atoms with E-state index in [4.69, 9.17) is 5.11 Å². The van der Waals surface area contributed by atoms with Crippen LogP contribution >= 0.6 is 27.3 Å². The predicted octanol–water partition coefficient (Wildman–Crippen LogP) is 2.97. The minimum atomic E-state index is -0.951. The van der Waals surface area contributed by atoms with Gasteiger partial charge in [0.05, 0.1) is 5.69 Å². The number of halogens is 1. The van der Waals surface area contributed by atoms with Crippen molar-refractivity contribution in [3.63, 3.8) is 0 Å². The van der Waals surface area contributed by atoms with Gasteiger partial charge in [0.15, 0.2) is 0 Å². The highest BCUT2D eigenvalue weighted by Crippen LogP contribution is 2.31. The molecule has 2 aromatic rings. The SMILES string of the molecule is Cc1nc(-c2ncccc2Br)sc1C(=O)O. The standard InChI is InChI=1S/C10H7BrN2O2S/c1-5-8(10(14)15)16-9(13-5)7-6(11)3-2-4-12-7/h2-4H,1H3,(H,14,15). The molecule has 0 aliphatic heterocycles. The summed E-state index contributed by atoms with van der Waals surface area (Å²) in [7, 11) is 0. The Hall–Kier alpha value is -1.27. The zero-order valence-electron chi connectivity index (χ0n) is 8.27. The summed E-state index contributed by atoms with van der Waals surface area (Å²) in [5, 5.41) is 9.55. The highest BCUT2D eigenvalue weighted by Gasteiger charge is 2.16. The summed E-state index contributed by atoms with van der Waals surface area (Å²) in [6.07, 6.45) is 1.65. The summed E-state index contributed by atoms with van der Waals surface area (Å²) in [5.41, 5.74) is 1.19. The quantitative estimate of drug-likeness (QED) is 0.926. The van der Waals surface area contributed by atoms with E-state index in [9.17, 15) is 4.79 Å². The number of aryl methyl sites for hydroxylation is 1. The maximum atomic E-state index is 10.9. The Balaban J connectivity index is 2.54. The maximum Gasteiger partial charge on any atom is 0.347 e. The van der Waals surface area contributed by atoms with Crippen LogP contribution in [0.4, 0.5) is 0 Å². The Morgan fingerprint density at radius 2 is 2.31 bits per heavy atom. The Bertz CT molecular complexity index is 554. The Labute approximate surface area is 104 Å². The van der Waals surface area contributed by atoms with Crippen LogP contribution in [0.15, 0.2) is 22.8 Å². The molecule has 0 aliphatic carbocycles. The van der Waals surface area contributed by atoms with Gasteiger partial charge in [-0.15, -0.1) is 11.3 Å². The third-order valence-electron chi connectivity index (χ3n) is 1.95. The first-order valence-corrected chi connectivity index (χ1v) is 6.02. The first-order chi connectivity index (χ1) is 7.59. The number of rotatable bonds is 2. The summed E-state index contributed by atoms with van der Waals surface area (Å²) in [4.78, 5) is 19.5. The maximum absolute atomic E-state index is 10.9. The average molecular weight is 299 g/mol. The molecule has 6 heteroatoms. The van der Waals surface area contributed by atoms with E-state index >= 15 is 0 Å². The molecule has 0 fully saturated rings. The van der Waals surface area contributed by atoms with E-state index in [1.165, 1.54) is 0 Å². The number of carbonyl (C=O) groups is 1. The van der Waals surface area contributed by atoms with Crippen LogP contribution in [0.1, 0.15) is 15.4 Å². The number of aromatic nitrogens is 2. The summed E-state index contributed by atoms with van der Waals surface area (Å²) in [6.45, 7) is 1.68. The fourth-order valence-electron chi connectivity index (χ4n) is 1.24. The number of thiazole rings is 1. The van der Waals surface area contributed by atoms with Crippen molar-refractivity contribution in [2.24, 2.45) is 0 Å². The molecule has 0 amide bonds. The van der Waals surface area contributed by atoms with Gasteiger partial charge in [-0.2, -0.15) is 0 Å². The first kappa shape index (κ1) is 11.2. The lowest BCUT2D eigenvalue weighted by atomic mass is 10.3. The van der Waals surface area contributed by atoms with E-state index in [0.717, 1.165) is 15.8 Å². The normalized spacial score (nSPS) is 10.4. The van der Waals surface area contributed by atoms with Crippen LogP contribution in [0.3, 0.4) is 0 Å². The molecule has 0 atom stereocenters. The highest BCUT2D eigenvalue weighted by molar-refractivity contribution is 9.10. The third kappa shape index (κ3) is 1.98. The number of carboxylic acids is 1. The fourth-order valence-corrected chi connectivity index (χ4v) is 2.73. The van der Waals surface area contributed by atoms with Crippen LogP contribution in [-0.4, -0.2) is 21.0 Å². The second-order valence-corrected chi connectivity index (χ2v) is 4.93.